The summed E-state index contributed by atoms with van der Waals surface area (Å²) >= 11 is 0. The molecule has 2 heterocycles. The van der Waals surface area contributed by atoms with Crippen LogP contribution in [0.4, 0.5) is 0 Å². The van der Waals surface area contributed by atoms with Crippen molar-refractivity contribution < 1.29 is 9.47 Å². The molecule has 21 heavy (non-hydrogen) atoms. The van der Waals surface area contributed by atoms with Crippen molar-refractivity contribution in [2.45, 2.75) is 33.0 Å². The van der Waals surface area contributed by atoms with Crippen LogP contribution in [0.1, 0.15) is 25.1 Å². The van der Waals surface area contributed by atoms with E-state index in [1.165, 1.54) is 0 Å². The van der Waals surface area contributed by atoms with Crippen LogP contribution in [-0.2, 0) is 13.1 Å². The van der Waals surface area contributed by atoms with Crippen LogP contribution in [0.2, 0.25) is 0 Å². The van der Waals surface area contributed by atoms with E-state index in [2.05, 4.69) is 15.3 Å². The summed E-state index contributed by atoms with van der Waals surface area (Å²) < 4.78 is 10.8. The number of nitrogens with one attached hydrogen (secondary N) is 1. The van der Waals surface area contributed by atoms with Crippen LogP contribution in [0.3, 0.4) is 0 Å². The zero-order chi connectivity index (χ0) is 15.1. The molecule has 0 spiro atoms. The van der Waals surface area contributed by atoms with Crippen LogP contribution in [0.15, 0.2) is 36.5 Å². The van der Waals surface area contributed by atoms with E-state index in [4.69, 9.17) is 9.47 Å². The number of pyridine rings is 2. The Bertz CT molecular complexity index is 573. The maximum absolute atomic E-state index is 5.70. The summed E-state index contributed by atoms with van der Waals surface area (Å²) in [4.78, 5) is 8.64. The van der Waals surface area contributed by atoms with E-state index >= 15 is 0 Å². The summed E-state index contributed by atoms with van der Waals surface area (Å²) in [5, 5.41) is 3.34. The molecule has 0 amide bonds. The minimum atomic E-state index is 0.110. The lowest BCUT2D eigenvalue weighted by atomic mass is 10.2. The fraction of sp³-hybridized carbons (Fsp3) is 0.375. The Labute approximate surface area is 125 Å². The molecule has 2 aromatic heterocycles. The summed E-state index contributed by atoms with van der Waals surface area (Å²) in [6, 6.07) is 9.65. The van der Waals surface area contributed by atoms with Crippen molar-refractivity contribution in [2.75, 3.05) is 7.11 Å². The van der Waals surface area contributed by atoms with Gasteiger partial charge in [0.1, 0.15) is 0 Å². The molecule has 2 aromatic rings. The summed E-state index contributed by atoms with van der Waals surface area (Å²) in [6.45, 7) is 5.32. The van der Waals surface area contributed by atoms with Gasteiger partial charge in [0, 0.05) is 30.9 Å². The van der Waals surface area contributed by atoms with Crippen LogP contribution in [-0.4, -0.2) is 23.2 Å². The Balaban J connectivity index is 1.94. The predicted molar refractivity (Wildman–Crippen MR) is 81.3 cm³/mol. The van der Waals surface area contributed by atoms with Crippen molar-refractivity contribution in [3.63, 3.8) is 0 Å². The van der Waals surface area contributed by atoms with Gasteiger partial charge in [-0.3, -0.25) is 0 Å². The van der Waals surface area contributed by atoms with Gasteiger partial charge in [0.2, 0.25) is 11.8 Å². The molecule has 5 nitrogen and oxygen atoms in total. The molecule has 0 aliphatic heterocycles. The van der Waals surface area contributed by atoms with Crippen molar-refractivity contribution in [1.29, 1.82) is 0 Å². The lowest BCUT2D eigenvalue weighted by Gasteiger charge is -2.13. The predicted octanol–water partition coefficient (Wildman–Crippen LogP) is 2.56. The third-order valence-electron chi connectivity index (χ3n) is 2.81. The van der Waals surface area contributed by atoms with E-state index < -0.39 is 0 Å². The van der Waals surface area contributed by atoms with Gasteiger partial charge < -0.3 is 14.8 Å². The number of hydrogen-bond acceptors (Lipinski definition) is 5. The molecular formula is C16H21N3O2. The minimum Gasteiger partial charge on any atom is -0.481 e. The topological polar surface area (TPSA) is 56.3 Å². The molecule has 0 bridgehead atoms. The molecule has 0 radical (unpaired) electrons. The SMILES string of the molecule is COc1cccc(CNCc2cccnc2OC(C)C)n1. The molecule has 5 heteroatoms. The molecule has 112 valence electrons. The molecule has 0 unspecified atom stereocenters. The molecule has 0 saturated heterocycles. The van der Waals surface area contributed by atoms with Gasteiger partial charge in [0.25, 0.3) is 0 Å². The molecule has 0 aliphatic carbocycles. The fourth-order valence-electron chi connectivity index (χ4n) is 1.88. The van der Waals surface area contributed by atoms with Gasteiger partial charge in [-0.15, -0.1) is 0 Å². The van der Waals surface area contributed by atoms with E-state index in [9.17, 15) is 0 Å². The number of nitrogens with zero attached hydrogens (tertiary/aromatic N) is 2. The Morgan fingerprint density at radius 2 is 2.00 bits per heavy atom. The Kier molecular flexibility index (Phi) is 5.51. The van der Waals surface area contributed by atoms with E-state index in [0.717, 1.165) is 11.3 Å². The summed E-state index contributed by atoms with van der Waals surface area (Å²) in [7, 11) is 1.62. The highest BCUT2D eigenvalue weighted by atomic mass is 16.5. The summed E-state index contributed by atoms with van der Waals surface area (Å²) in [6.07, 6.45) is 1.85. The van der Waals surface area contributed by atoms with Gasteiger partial charge in [-0.05, 0) is 26.0 Å². The second kappa shape index (κ2) is 7.59. The van der Waals surface area contributed by atoms with Crippen molar-refractivity contribution in [1.82, 2.24) is 15.3 Å². The zero-order valence-corrected chi connectivity index (χ0v) is 12.7. The molecule has 2 rings (SSSR count). The number of hydrogen-bond donors (Lipinski definition) is 1. The quantitative estimate of drug-likeness (QED) is 0.848. The third kappa shape index (κ3) is 4.72. The lowest BCUT2D eigenvalue weighted by Crippen LogP contribution is -2.16. The largest absolute Gasteiger partial charge is 0.481 e. The van der Waals surface area contributed by atoms with Crippen LogP contribution in [0.25, 0.3) is 0 Å². The molecule has 0 aliphatic rings. The zero-order valence-electron chi connectivity index (χ0n) is 12.7. The number of ether oxygens (including phenoxy) is 2. The fourth-order valence-corrected chi connectivity index (χ4v) is 1.88. The normalized spacial score (nSPS) is 10.7. The highest BCUT2D eigenvalue weighted by Gasteiger charge is 2.06. The van der Waals surface area contributed by atoms with E-state index in [-0.39, 0.29) is 6.10 Å². The van der Waals surface area contributed by atoms with Crippen LogP contribution < -0.4 is 14.8 Å². The second-order valence-electron chi connectivity index (χ2n) is 4.91. The number of methoxy groups -OCH3 is 1. The second-order valence-corrected chi connectivity index (χ2v) is 4.91. The Morgan fingerprint density at radius 3 is 2.76 bits per heavy atom. The Hall–Kier alpha value is -2.14. The first kappa shape index (κ1) is 15.3. The highest BCUT2D eigenvalue weighted by molar-refractivity contribution is 5.25. The first-order chi connectivity index (χ1) is 10.2. The van der Waals surface area contributed by atoms with E-state index in [1.807, 2.05) is 44.2 Å². The first-order valence-corrected chi connectivity index (χ1v) is 7.00. The maximum atomic E-state index is 5.70. The van der Waals surface area contributed by atoms with Crippen molar-refractivity contribution >= 4 is 0 Å². The average molecular weight is 287 g/mol. The summed E-state index contributed by atoms with van der Waals surface area (Å²) in [5.74, 6) is 1.30. The van der Waals surface area contributed by atoms with E-state index in [0.29, 0.717) is 24.8 Å². The van der Waals surface area contributed by atoms with Crippen molar-refractivity contribution in [2.24, 2.45) is 0 Å². The molecule has 0 fully saturated rings. The maximum Gasteiger partial charge on any atom is 0.218 e. The van der Waals surface area contributed by atoms with E-state index in [1.54, 1.807) is 13.3 Å². The molecule has 0 saturated carbocycles. The van der Waals surface area contributed by atoms with Crippen LogP contribution in [0.5, 0.6) is 11.8 Å². The lowest BCUT2D eigenvalue weighted by molar-refractivity contribution is 0.229. The molecular weight excluding hydrogens is 266 g/mol. The highest BCUT2D eigenvalue weighted by Crippen LogP contribution is 2.15. The molecule has 0 atom stereocenters. The minimum absolute atomic E-state index is 0.110. The van der Waals surface area contributed by atoms with Gasteiger partial charge >= 0.3 is 0 Å². The Morgan fingerprint density at radius 1 is 1.14 bits per heavy atom. The number of rotatable bonds is 7. The number of aromatic nitrogens is 2. The van der Waals surface area contributed by atoms with Gasteiger partial charge in [0.05, 0.1) is 18.9 Å². The van der Waals surface area contributed by atoms with Crippen molar-refractivity contribution in [3.8, 4) is 11.8 Å². The smallest absolute Gasteiger partial charge is 0.218 e. The monoisotopic (exact) mass is 287 g/mol. The summed E-state index contributed by atoms with van der Waals surface area (Å²) in [5.41, 5.74) is 1.97. The van der Waals surface area contributed by atoms with Gasteiger partial charge in [0.15, 0.2) is 0 Å². The van der Waals surface area contributed by atoms with Crippen molar-refractivity contribution in [3.05, 3.63) is 47.8 Å². The van der Waals surface area contributed by atoms with Crippen LogP contribution in [0, 0.1) is 0 Å². The molecule has 1 N–H and O–H groups in total. The average Bonchev–Trinajstić information content (AvgIpc) is 2.49. The first-order valence-electron chi connectivity index (χ1n) is 7.00. The van der Waals surface area contributed by atoms with Gasteiger partial charge in [-0.1, -0.05) is 12.1 Å². The third-order valence-corrected chi connectivity index (χ3v) is 2.81. The molecule has 0 aromatic carbocycles. The van der Waals surface area contributed by atoms with Gasteiger partial charge in [-0.25, -0.2) is 9.97 Å². The standard InChI is InChI=1S/C16H21N3O2/c1-12(2)21-16-13(6-5-9-18-16)10-17-11-14-7-4-8-15(19-14)20-3/h4-9,12,17H,10-11H2,1-3H3. The van der Waals surface area contributed by atoms with Gasteiger partial charge in [-0.2, -0.15) is 0 Å². The van der Waals surface area contributed by atoms with Crippen LogP contribution >= 0.6 is 0 Å².